The molecule has 2 heterocycles. The number of rotatable bonds is 6. The van der Waals surface area contributed by atoms with Crippen molar-refractivity contribution < 1.29 is 4.42 Å². The van der Waals surface area contributed by atoms with Crippen molar-refractivity contribution in [3.8, 4) is 33.4 Å². The highest BCUT2D eigenvalue weighted by molar-refractivity contribution is 6.73. The van der Waals surface area contributed by atoms with E-state index in [9.17, 15) is 0 Å². The molecule has 0 saturated heterocycles. The van der Waals surface area contributed by atoms with Gasteiger partial charge in [-0.05, 0) is 193 Å². The monoisotopic (exact) mass is 912 g/mol. The van der Waals surface area contributed by atoms with Crippen molar-refractivity contribution in [3.05, 3.63) is 185 Å². The van der Waals surface area contributed by atoms with Gasteiger partial charge in [0.1, 0.15) is 5.58 Å². The summed E-state index contributed by atoms with van der Waals surface area (Å²) >= 11 is 0. The van der Waals surface area contributed by atoms with Crippen molar-refractivity contribution in [2.75, 3.05) is 10.2 Å². The van der Waals surface area contributed by atoms with Gasteiger partial charge in [0.05, 0.1) is 11.3 Å². The molecule has 0 amide bonds. The minimum Gasteiger partial charge on any atom is -0.469 e. The Morgan fingerprint density at radius 3 is 1.71 bits per heavy atom. The topological polar surface area (TPSA) is 28.4 Å². The maximum Gasteiger partial charge on any atom is 0.247 e. The van der Waals surface area contributed by atoms with E-state index in [1.165, 1.54) is 83.9 Å². The highest BCUT2D eigenvalue weighted by atomic mass is 16.3. The van der Waals surface area contributed by atoms with E-state index in [-0.39, 0.29) is 21.7 Å². The second-order valence-corrected chi connectivity index (χ2v) is 23.5. The molecule has 0 unspecified atom stereocenters. The van der Waals surface area contributed by atoms with Crippen LogP contribution < -0.4 is 21.3 Å². The van der Waals surface area contributed by atoms with Crippen LogP contribution in [0.4, 0.5) is 28.4 Å². The number of nitrogens with zero attached hydrogens (tertiary/aromatic N) is 1. The van der Waals surface area contributed by atoms with Crippen molar-refractivity contribution in [1.82, 2.24) is 0 Å². The molecule has 12 rings (SSSR count). The van der Waals surface area contributed by atoms with Crippen molar-refractivity contribution >= 4 is 68.6 Å². The quantitative estimate of drug-likeness (QED) is 0.169. The normalized spacial score (nSPS) is 17.0. The molecule has 2 aliphatic carbocycles. The highest BCUT2D eigenvalue weighted by Gasteiger charge is 2.42. The van der Waals surface area contributed by atoms with E-state index in [4.69, 9.17) is 4.42 Å². The van der Waals surface area contributed by atoms with Crippen molar-refractivity contribution in [2.45, 2.75) is 117 Å². The zero-order valence-corrected chi connectivity index (χ0v) is 42.7. The summed E-state index contributed by atoms with van der Waals surface area (Å²) in [5.74, 6) is 0. The Hall–Kier alpha value is -6.78. The van der Waals surface area contributed by atoms with Crippen molar-refractivity contribution in [1.29, 1.82) is 0 Å². The van der Waals surface area contributed by atoms with Gasteiger partial charge in [0.15, 0.2) is 0 Å². The van der Waals surface area contributed by atoms with E-state index >= 15 is 0 Å². The van der Waals surface area contributed by atoms with Gasteiger partial charge < -0.3 is 14.6 Å². The minimum absolute atomic E-state index is 0.0210. The average Bonchev–Trinajstić information content (AvgIpc) is 3.71. The summed E-state index contributed by atoms with van der Waals surface area (Å²) in [6.45, 7) is 24.0. The molecule has 0 saturated carbocycles. The summed E-state index contributed by atoms with van der Waals surface area (Å²) in [6, 6.07) is 56.7. The Morgan fingerprint density at radius 2 is 1.04 bits per heavy atom. The zero-order chi connectivity index (χ0) is 48.5. The van der Waals surface area contributed by atoms with Gasteiger partial charge in [-0.2, -0.15) is 0 Å². The van der Waals surface area contributed by atoms with E-state index in [1.54, 1.807) is 0 Å². The number of hydrogen-bond donors (Lipinski definition) is 1. The molecule has 9 aromatic rings. The molecule has 70 heavy (non-hydrogen) atoms. The van der Waals surface area contributed by atoms with E-state index in [0.29, 0.717) is 0 Å². The Balaban J connectivity index is 1.15. The smallest absolute Gasteiger partial charge is 0.247 e. The molecule has 8 aromatic carbocycles. The van der Waals surface area contributed by atoms with Crippen LogP contribution in [-0.4, -0.2) is 7.28 Å². The Morgan fingerprint density at radius 1 is 0.471 bits per heavy atom. The van der Waals surface area contributed by atoms with Crippen LogP contribution >= 0.6 is 0 Å². The fourth-order valence-electron chi connectivity index (χ4n) is 12.3. The summed E-state index contributed by atoms with van der Waals surface area (Å²) in [4.78, 5) is 2.61. The molecule has 1 aromatic heterocycles. The summed E-state index contributed by atoms with van der Waals surface area (Å²) in [6.07, 6.45) is 4.61. The fraction of sp³-hybridized carbons (Fsp3) is 0.273. The summed E-state index contributed by atoms with van der Waals surface area (Å²) in [5, 5.41) is 7.52. The van der Waals surface area contributed by atoms with Gasteiger partial charge in [0.25, 0.3) is 0 Å². The number of aryl methyl sites for hydroxylation is 2. The van der Waals surface area contributed by atoms with Crippen molar-refractivity contribution in [2.24, 2.45) is 0 Å². The molecule has 4 heteroatoms. The maximum absolute atomic E-state index is 7.31. The standard InChI is InChI=1S/C66H64BN2O/c1-40-18-14-17-23-48(40)46-34-50(49-33-44-21-15-16-22-45(44)35-56(49)68-47-26-24-43(25-27-47)42-19-12-11-13-20-42)60-58(36-46)69(57-38-54-52(32-41(57)2)63(3,4)28-30-65(54,7)8)61-51-37-53-55(39-59(51)70-62(61)67-60)66(9,10)31-29-64(53,5)6/h11-27,32-39,68H,28-31H2,1-10H3. The number of furan rings is 1. The largest absolute Gasteiger partial charge is 0.469 e. The maximum atomic E-state index is 7.31. The number of hydrogen-bond acceptors (Lipinski definition) is 3. The van der Waals surface area contributed by atoms with Crippen molar-refractivity contribution in [3.63, 3.8) is 0 Å². The van der Waals surface area contributed by atoms with Crippen LogP contribution in [0.5, 0.6) is 0 Å². The first kappa shape index (κ1) is 44.4. The number of anilines is 5. The third kappa shape index (κ3) is 7.23. The van der Waals surface area contributed by atoms with Gasteiger partial charge in [0.2, 0.25) is 7.28 Å². The minimum atomic E-state index is 0.0210. The number of nitrogens with one attached hydrogen (secondary N) is 1. The number of benzene rings is 8. The van der Waals surface area contributed by atoms with Crippen LogP contribution in [0.25, 0.3) is 55.1 Å². The summed E-state index contributed by atoms with van der Waals surface area (Å²) in [5.41, 5.74) is 24.2. The highest BCUT2D eigenvalue weighted by Crippen LogP contribution is 2.53. The summed E-state index contributed by atoms with van der Waals surface area (Å²) in [7, 11) is 2.36. The molecule has 3 nitrogen and oxygen atoms in total. The molecule has 347 valence electrons. The van der Waals surface area contributed by atoms with Gasteiger partial charge in [-0.25, -0.2) is 0 Å². The lowest BCUT2D eigenvalue weighted by Gasteiger charge is -2.43. The summed E-state index contributed by atoms with van der Waals surface area (Å²) < 4.78 is 7.31. The molecule has 3 aliphatic rings. The second-order valence-electron chi connectivity index (χ2n) is 23.5. The molecule has 1 aliphatic heterocycles. The van der Waals surface area contributed by atoms with Crippen LogP contribution in [-0.2, 0) is 21.7 Å². The van der Waals surface area contributed by atoms with Crippen LogP contribution in [0.2, 0.25) is 0 Å². The Kier molecular flexibility index (Phi) is 10.1. The second kappa shape index (κ2) is 15.9. The fourth-order valence-corrected chi connectivity index (χ4v) is 12.3. The van der Waals surface area contributed by atoms with Gasteiger partial charge in [-0.1, -0.05) is 152 Å². The Bertz CT molecular complexity index is 3570. The van der Waals surface area contributed by atoms with Gasteiger partial charge in [-0.3, -0.25) is 0 Å². The predicted molar refractivity (Wildman–Crippen MR) is 300 cm³/mol. The molecule has 0 spiro atoms. The SMILES string of the molecule is Cc1ccccc1-c1cc(-c2cc3ccccc3cc2Nc2ccc(-c3ccccc3)cc2)c2c(c1)N(c1cc3c(cc1C)C(C)(C)CCC3(C)C)c1c(oc3cc4c(cc13)C(C)(C)CCC4(C)C)[B]2. The third-order valence-corrected chi connectivity index (χ3v) is 16.9. The molecule has 0 fully saturated rings. The first-order valence-corrected chi connectivity index (χ1v) is 25.6. The zero-order valence-electron chi connectivity index (χ0n) is 42.7. The predicted octanol–water partition coefficient (Wildman–Crippen LogP) is 17.1. The van der Waals surface area contributed by atoms with E-state index in [0.717, 1.165) is 69.8 Å². The average molecular weight is 912 g/mol. The third-order valence-electron chi connectivity index (χ3n) is 16.9. The van der Waals surface area contributed by atoms with Gasteiger partial charge >= 0.3 is 0 Å². The van der Waals surface area contributed by atoms with Gasteiger partial charge in [-0.15, -0.1) is 0 Å². The Labute approximate surface area is 416 Å². The van der Waals surface area contributed by atoms with Crippen LogP contribution in [0, 0.1) is 13.8 Å². The first-order chi connectivity index (χ1) is 33.5. The van der Waals surface area contributed by atoms with Crippen LogP contribution in [0.3, 0.4) is 0 Å². The lowest BCUT2D eigenvalue weighted by molar-refractivity contribution is 0.332. The molecular weight excluding hydrogens is 848 g/mol. The molecule has 0 bridgehead atoms. The van der Waals surface area contributed by atoms with Crippen LogP contribution in [0.15, 0.2) is 156 Å². The molecule has 1 N–H and O–H groups in total. The molecule has 1 radical (unpaired) electrons. The van der Waals surface area contributed by atoms with E-state index in [2.05, 4.69) is 238 Å². The van der Waals surface area contributed by atoms with E-state index < -0.39 is 0 Å². The first-order valence-electron chi connectivity index (χ1n) is 25.6. The molecular formula is C66H64BN2O. The lowest BCUT2D eigenvalue weighted by atomic mass is 9.60. The van der Waals surface area contributed by atoms with E-state index in [1.807, 2.05) is 0 Å². The lowest BCUT2D eigenvalue weighted by Crippen LogP contribution is -2.40. The van der Waals surface area contributed by atoms with Crippen LogP contribution in [0.1, 0.15) is 114 Å². The number of fused-ring (bicyclic) bond motifs is 7. The molecule has 0 atom stereocenters. The van der Waals surface area contributed by atoms with Gasteiger partial charge in [0, 0.05) is 33.7 Å².